The summed E-state index contributed by atoms with van der Waals surface area (Å²) >= 11 is 0. The van der Waals surface area contributed by atoms with Crippen molar-refractivity contribution in [3.8, 4) is 0 Å². The fourth-order valence-corrected chi connectivity index (χ4v) is 1.85. The maximum absolute atomic E-state index is 7.89. The van der Waals surface area contributed by atoms with Crippen LogP contribution in [-0.2, 0) is 0 Å². The molecular weight excluding hydrogens is 172 g/mol. The van der Waals surface area contributed by atoms with Gasteiger partial charge in [-0.15, -0.1) is 0 Å². The first kappa shape index (κ1) is 13.3. The van der Waals surface area contributed by atoms with Crippen LogP contribution in [0.25, 0.3) is 0 Å². The molecule has 1 aliphatic rings. The molecule has 0 fully saturated rings. The molecule has 82 valence electrons. The highest BCUT2D eigenvalue weighted by Crippen LogP contribution is 2.42. The summed E-state index contributed by atoms with van der Waals surface area (Å²) in [5, 5.41) is 7.89. The first-order chi connectivity index (χ1) is 6.33. The van der Waals surface area contributed by atoms with Crippen LogP contribution in [0.1, 0.15) is 47.5 Å². The van der Waals surface area contributed by atoms with E-state index in [4.69, 9.17) is 5.11 Å². The number of rotatable bonds is 1. The quantitative estimate of drug-likeness (QED) is 0.484. The van der Waals surface area contributed by atoms with E-state index in [1.54, 1.807) is 6.08 Å². The van der Waals surface area contributed by atoms with Crippen LogP contribution in [0, 0.1) is 10.8 Å². The number of hydrogen-bond donors (Lipinski definition) is 1. The maximum atomic E-state index is 7.89. The molecule has 0 heterocycles. The number of allylic oxidation sites excluding steroid dienone is 3. The topological polar surface area (TPSA) is 20.2 Å². The Morgan fingerprint density at radius 3 is 1.64 bits per heavy atom. The van der Waals surface area contributed by atoms with Gasteiger partial charge in [0.25, 0.3) is 0 Å². The van der Waals surface area contributed by atoms with E-state index in [2.05, 4.69) is 39.8 Å². The maximum Gasteiger partial charge on any atom is 0.0751 e. The molecule has 1 nitrogen and oxygen atoms in total. The Hall–Kier alpha value is -0.720. The van der Waals surface area contributed by atoms with Gasteiger partial charge in [-0.05, 0) is 23.7 Å². The summed E-state index contributed by atoms with van der Waals surface area (Å²) in [7, 11) is 0. The van der Waals surface area contributed by atoms with Gasteiger partial charge in [0, 0.05) is 0 Å². The van der Waals surface area contributed by atoms with Gasteiger partial charge >= 0.3 is 0 Å². The summed E-state index contributed by atoms with van der Waals surface area (Å²) < 4.78 is 0. The molecule has 0 saturated heterocycles. The molecule has 0 aromatic carbocycles. The molecule has 0 aromatic rings. The van der Waals surface area contributed by atoms with E-state index in [1.807, 2.05) is 6.92 Å². The average molecular weight is 196 g/mol. The molecule has 0 spiro atoms. The van der Waals surface area contributed by atoms with Gasteiger partial charge < -0.3 is 5.11 Å². The molecule has 0 unspecified atom stereocenters. The number of aliphatic hydroxyl groups is 1. The van der Waals surface area contributed by atoms with Crippen molar-refractivity contribution in [3.05, 3.63) is 24.5 Å². The SMILES string of the molecule is CC1(C)C=CC(C)(C)C1.CCC=CO. The normalized spacial score (nSPS) is 22.1. The van der Waals surface area contributed by atoms with Crippen molar-refractivity contribution >= 4 is 0 Å². The molecule has 1 rings (SSSR count). The number of aliphatic hydroxyl groups excluding tert-OH is 1. The fourth-order valence-electron chi connectivity index (χ4n) is 1.85. The highest BCUT2D eigenvalue weighted by atomic mass is 16.2. The lowest BCUT2D eigenvalue weighted by Gasteiger charge is -2.21. The predicted octanol–water partition coefficient (Wildman–Crippen LogP) is 4.47. The molecular formula is C13H24O. The van der Waals surface area contributed by atoms with Crippen molar-refractivity contribution in [1.82, 2.24) is 0 Å². The van der Waals surface area contributed by atoms with Gasteiger partial charge in [0.1, 0.15) is 0 Å². The van der Waals surface area contributed by atoms with Crippen molar-refractivity contribution < 1.29 is 5.11 Å². The second-order valence-electron chi connectivity index (χ2n) is 5.28. The minimum atomic E-state index is 0.448. The van der Waals surface area contributed by atoms with Crippen LogP contribution in [0.5, 0.6) is 0 Å². The molecule has 0 atom stereocenters. The molecule has 0 bridgehead atoms. The van der Waals surface area contributed by atoms with Crippen LogP contribution < -0.4 is 0 Å². The predicted molar refractivity (Wildman–Crippen MR) is 63.4 cm³/mol. The highest BCUT2D eigenvalue weighted by Gasteiger charge is 2.30. The zero-order chi connectivity index (χ0) is 11.2. The van der Waals surface area contributed by atoms with E-state index in [0.29, 0.717) is 10.8 Å². The van der Waals surface area contributed by atoms with E-state index in [9.17, 15) is 0 Å². The van der Waals surface area contributed by atoms with Crippen LogP contribution in [0.4, 0.5) is 0 Å². The third-order valence-corrected chi connectivity index (χ3v) is 2.24. The lowest BCUT2D eigenvalue weighted by atomic mass is 9.83. The third-order valence-electron chi connectivity index (χ3n) is 2.24. The molecule has 1 aliphatic carbocycles. The minimum Gasteiger partial charge on any atom is -0.516 e. The monoisotopic (exact) mass is 196 g/mol. The first-order valence-corrected chi connectivity index (χ1v) is 5.32. The summed E-state index contributed by atoms with van der Waals surface area (Å²) in [6, 6.07) is 0. The van der Waals surface area contributed by atoms with Crippen LogP contribution in [-0.4, -0.2) is 5.11 Å². The van der Waals surface area contributed by atoms with E-state index in [-0.39, 0.29) is 0 Å². The minimum absolute atomic E-state index is 0.448. The van der Waals surface area contributed by atoms with E-state index < -0.39 is 0 Å². The molecule has 14 heavy (non-hydrogen) atoms. The lowest BCUT2D eigenvalue weighted by Crippen LogP contribution is -2.11. The Morgan fingerprint density at radius 1 is 1.14 bits per heavy atom. The van der Waals surface area contributed by atoms with Gasteiger partial charge in [-0.1, -0.05) is 52.8 Å². The highest BCUT2D eigenvalue weighted by molar-refractivity contribution is 5.11. The van der Waals surface area contributed by atoms with E-state index in [1.165, 1.54) is 6.42 Å². The summed E-state index contributed by atoms with van der Waals surface area (Å²) in [6.45, 7) is 11.1. The summed E-state index contributed by atoms with van der Waals surface area (Å²) in [5.74, 6) is 0. The fraction of sp³-hybridized carbons (Fsp3) is 0.692. The Balaban J connectivity index is 0.000000292. The summed E-state index contributed by atoms with van der Waals surface area (Å²) in [6.07, 6.45) is 9.59. The lowest BCUT2D eigenvalue weighted by molar-refractivity contribution is 0.334. The molecule has 0 aliphatic heterocycles. The summed E-state index contributed by atoms with van der Waals surface area (Å²) in [4.78, 5) is 0. The molecule has 0 radical (unpaired) electrons. The van der Waals surface area contributed by atoms with Crippen molar-refractivity contribution in [1.29, 1.82) is 0 Å². The molecule has 1 heteroatoms. The van der Waals surface area contributed by atoms with E-state index >= 15 is 0 Å². The Bertz CT molecular complexity index is 193. The second-order valence-corrected chi connectivity index (χ2v) is 5.28. The van der Waals surface area contributed by atoms with Crippen LogP contribution in [0.3, 0.4) is 0 Å². The molecule has 1 N–H and O–H groups in total. The van der Waals surface area contributed by atoms with Gasteiger partial charge in [-0.3, -0.25) is 0 Å². The van der Waals surface area contributed by atoms with Crippen LogP contribution >= 0.6 is 0 Å². The van der Waals surface area contributed by atoms with Crippen LogP contribution in [0.2, 0.25) is 0 Å². The van der Waals surface area contributed by atoms with Crippen molar-refractivity contribution in [2.24, 2.45) is 10.8 Å². The third kappa shape index (κ3) is 5.85. The smallest absolute Gasteiger partial charge is 0.0751 e. The Morgan fingerprint density at radius 2 is 1.57 bits per heavy atom. The zero-order valence-electron chi connectivity index (χ0n) is 10.2. The first-order valence-electron chi connectivity index (χ1n) is 5.32. The van der Waals surface area contributed by atoms with Gasteiger partial charge in [-0.25, -0.2) is 0 Å². The molecule has 0 saturated carbocycles. The summed E-state index contributed by atoms with van der Waals surface area (Å²) in [5.41, 5.74) is 0.896. The average Bonchev–Trinajstić information content (AvgIpc) is 2.26. The largest absolute Gasteiger partial charge is 0.516 e. The zero-order valence-corrected chi connectivity index (χ0v) is 10.2. The van der Waals surface area contributed by atoms with E-state index in [0.717, 1.165) is 12.7 Å². The Labute approximate surface area is 88.5 Å². The second kappa shape index (κ2) is 5.23. The van der Waals surface area contributed by atoms with Gasteiger partial charge in [0.05, 0.1) is 6.26 Å². The van der Waals surface area contributed by atoms with Gasteiger partial charge in [0.2, 0.25) is 0 Å². The van der Waals surface area contributed by atoms with Crippen molar-refractivity contribution in [3.63, 3.8) is 0 Å². The van der Waals surface area contributed by atoms with Gasteiger partial charge in [-0.2, -0.15) is 0 Å². The van der Waals surface area contributed by atoms with Crippen LogP contribution in [0.15, 0.2) is 24.5 Å². The van der Waals surface area contributed by atoms with Gasteiger partial charge in [0.15, 0.2) is 0 Å². The number of hydrogen-bond acceptors (Lipinski definition) is 1. The van der Waals surface area contributed by atoms with Crippen molar-refractivity contribution in [2.45, 2.75) is 47.5 Å². The standard InChI is InChI=1S/C9H16.C4H8O/c1-8(2)5-6-9(3,4)7-8;1-2-3-4-5/h5-6H,7H2,1-4H3;3-5H,2H2,1H3. The molecule has 0 amide bonds. The Kier molecular flexibility index (Phi) is 4.96. The van der Waals surface area contributed by atoms with Crippen molar-refractivity contribution in [2.75, 3.05) is 0 Å². The molecule has 0 aromatic heterocycles.